The summed E-state index contributed by atoms with van der Waals surface area (Å²) < 4.78 is 1.55. The lowest BCUT2D eigenvalue weighted by Crippen LogP contribution is -2.48. The van der Waals surface area contributed by atoms with Gasteiger partial charge in [0.15, 0.2) is 5.65 Å². The Morgan fingerprint density at radius 2 is 1.91 bits per heavy atom. The van der Waals surface area contributed by atoms with E-state index in [1.54, 1.807) is 10.6 Å². The molecule has 124 valence electrons. The molecule has 2 aromatic rings. The predicted molar refractivity (Wildman–Crippen MR) is 91.2 cm³/mol. The molecule has 2 aromatic heterocycles. The highest BCUT2D eigenvalue weighted by Crippen LogP contribution is 2.27. The van der Waals surface area contributed by atoms with E-state index in [0.717, 1.165) is 25.9 Å². The van der Waals surface area contributed by atoms with E-state index < -0.39 is 11.1 Å². The van der Waals surface area contributed by atoms with E-state index in [2.05, 4.69) is 35.6 Å². The number of aromatic nitrogens is 3. The van der Waals surface area contributed by atoms with E-state index >= 15 is 0 Å². The minimum Gasteiger partial charge on any atom is -0.315 e. The Hall–Kier alpha value is -1.66. The Morgan fingerprint density at radius 3 is 2.52 bits per heavy atom. The van der Waals surface area contributed by atoms with Crippen molar-refractivity contribution >= 4 is 22.8 Å². The molecule has 0 aromatic carbocycles. The van der Waals surface area contributed by atoms with Gasteiger partial charge in [0.2, 0.25) is 0 Å². The smallest absolute Gasteiger partial charge is 0.315 e. The molecule has 1 aliphatic heterocycles. The Morgan fingerprint density at radius 1 is 1.26 bits per heavy atom. The van der Waals surface area contributed by atoms with Gasteiger partial charge in [-0.2, -0.15) is 0 Å². The van der Waals surface area contributed by atoms with Crippen molar-refractivity contribution in [3.8, 4) is 0 Å². The quantitative estimate of drug-likeness (QED) is 0.810. The van der Waals surface area contributed by atoms with Crippen LogP contribution in [-0.2, 0) is 0 Å². The summed E-state index contributed by atoms with van der Waals surface area (Å²) in [7, 11) is 0. The van der Waals surface area contributed by atoms with E-state index in [9.17, 15) is 9.59 Å². The molecule has 6 nitrogen and oxygen atoms in total. The van der Waals surface area contributed by atoms with Crippen molar-refractivity contribution < 1.29 is 0 Å². The molecule has 0 saturated carbocycles. The van der Waals surface area contributed by atoms with Gasteiger partial charge < -0.3 is 4.98 Å². The standard InChI is InChI=1S/C16H21ClN4O2/c1-16(2,3)20-6-4-11(5-7-20)21-13-12(8-10(17)9-18-13)19-14(22)15(21)23/h8-9,11H,4-7H2,1-3H3,(H,19,22). The van der Waals surface area contributed by atoms with Crippen LogP contribution in [0.2, 0.25) is 5.02 Å². The number of piperidine rings is 1. The van der Waals surface area contributed by atoms with E-state index in [0.29, 0.717) is 16.2 Å². The van der Waals surface area contributed by atoms with E-state index in [-0.39, 0.29) is 11.6 Å². The van der Waals surface area contributed by atoms with Crippen LogP contribution in [0, 0.1) is 0 Å². The fourth-order valence-electron chi connectivity index (χ4n) is 3.23. The Balaban J connectivity index is 2.02. The molecule has 0 amide bonds. The number of hydrogen-bond acceptors (Lipinski definition) is 4. The lowest BCUT2D eigenvalue weighted by molar-refractivity contribution is 0.0898. The fourth-order valence-corrected chi connectivity index (χ4v) is 3.39. The molecule has 1 N–H and O–H groups in total. The zero-order valence-electron chi connectivity index (χ0n) is 13.6. The summed E-state index contributed by atoms with van der Waals surface area (Å²) in [5.41, 5.74) is -0.0623. The first-order valence-corrected chi connectivity index (χ1v) is 8.20. The number of nitrogens with one attached hydrogen (secondary N) is 1. The number of hydrogen-bond donors (Lipinski definition) is 1. The number of H-pyrrole nitrogens is 1. The van der Waals surface area contributed by atoms with Gasteiger partial charge in [-0.15, -0.1) is 0 Å². The van der Waals surface area contributed by atoms with Gasteiger partial charge in [0.1, 0.15) is 0 Å². The maximum absolute atomic E-state index is 12.4. The van der Waals surface area contributed by atoms with Gasteiger partial charge >= 0.3 is 11.1 Å². The second-order valence-electron chi connectivity index (χ2n) is 7.04. The first-order chi connectivity index (χ1) is 10.8. The van der Waals surface area contributed by atoms with Crippen LogP contribution in [0.5, 0.6) is 0 Å². The van der Waals surface area contributed by atoms with Crippen LogP contribution in [0.4, 0.5) is 0 Å². The molecule has 0 spiro atoms. The minimum absolute atomic E-state index is 0.0143. The van der Waals surface area contributed by atoms with Crippen LogP contribution >= 0.6 is 11.6 Å². The van der Waals surface area contributed by atoms with Gasteiger partial charge in [0, 0.05) is 30.9 Å². The van der Waals surface area contributed by atoms with Crippen molar-refractivity contribution in [3.05, 3.63) is 38.0 Å². The average Bonchev–Trinajstić information content (AvgIpc) is 2.48. The molecule has 1 saturated heterocycles. The average molecular weight is 337 g/mol. The van der Waals surface area contributed by atoms with Gasteiger partial charge in [-0.25, -0.2) is 4.98 Å². The monoisotopic (exact) mass is 336 g/mol. The first-order valence-electron chi connectivity index (χ1n) is 7.82. The molecule has 0 bridgehead atoms. The maximum Gasteiger partial charge on any atom is 0.318 e. The molecule has 1 aliphatic rings. The number of fused-ring (bicyclic) bond motifs is 1. The number of likely N-dealkylation sites (tertiary alicyclic amines) is 1. The summed E-state index contributed by atoms with van der Waals surface area (Å²) in [4.78, 5) is 33.6. The highest BCUT2D eigenvalue weighted by atomic mass is 35.5. The third-order valence-corrected chi connectivity index (χ3v) is 4.71. The van der Waals surface area contributed by atoms with Gasteiger partial charge in [0.05, 0.1) is 10.5 Å². The van der Waals surface area contributed by atoms with Crippen molar-refractivity contribution in [2.45, 2.75) is 45.2 Å². The minimum atomic E-state index is -0.625. The Kier molecular flexibility index (Phi) is 4.06. The van der Waals surface area contributed by atoms with Crippen molar-refractivity contribution in [2.24, 2.45) is 0 Å². The highest BCUT2D eigenvalue weighted by Gasteiger charge is 2.29. The molecule has 0 aliphatic carbocycles. The number of nitrogens with zero attached hydrogens (tertiary/aromatic N) is 3. The van der Waals surface area contributed by atoms with Gasteiger partial charge in [-0.1, -0.05) is 11.6 Å². The molecule has 3 rings (SSSR count). The second kappa shape index (κ2) is 5.76. The summed E-state index contributed by atoms with van der Waals surface area (Å²) in [5.74, 6) is 0. The van der Waals surface area contributed by atoms with Crippen LogP contribution in [-0.4, -0.2) is 38.1 Å². The van der Waals surface area contributed by atoms with Crippen molar-refractivity contribution in [3.63, 3.8) is 0 Å². The molecule has 7 heteroatoms. The summed E-state index contributed by atoms with van der Waals surface area (Å²) in [6.07, 6.45) is 3.14. The number of pyridine rings is 1. The molecule has 23 heavy (non-hydrogen) atoms. The van der Waals surface area contributed by atoms with Crippen LogP contribution < -0.4 is 11.1 Å². The highest BCUT2D eigenvalue weighted by molar-refractivity contribution is 6.30. The number of halogens is 1. The van der Waals surface area contributed by atoms with E-state index in [1.807, 2.05) is 0 Å². The predicted octanol–water partition coefficient (Wildman–Crippen LogP) is 2.17. The van der Waals surface area contributed by atoms with Crippen LogP contribution in [0.25, 0.3) is 11.2 Å². The molecule has 0 atom stereocenters. The normalized spacial score (nSPS) is 17.7. The molecular formula is C16H21ClN4O2. The summed E-state index contributed by atoms with van der Waals surface area (Å²) in [6, 6.07) is 1.62. The first kappa shape index (κ1) is 16.2. The number of aromatic amines is 1. The maximum atomic E-state index is 12.4. The van der Waals surface area contributed by atoms with Gasteiger partial charge in [-0.05, 0) is 39.7 Å². The SMILES string of the molecule is CC(C)(C)N1CCC(n2c(=O)c(=O)[nH]c3cc(Cl)cnc32)CC1. The van der Waals surface area contributed by atoms with Crippen LogP contribution in [0.15, 0.2) is 21.9 Å². The van der Waals surface area contributed by atoms with Crippen LogP contribution in [0.3, 0.4) is 0 Å². The second-order valence-corrected chi connectivity index (χ2v) is 7.48. The largest absolute Gasteiger partial charge is 0.318 e. The molecule has 3 heterocycles. The zero-order chi connectivity index (χ0) is 16.8. The summed E-state index contributed by atoms with van der Waals surface area (Å²) in [6.45, 7) is 8.34. The lowest BCUT2D eigenvalue weighted by atomic mass is 9.98. The van der Waals surface area contributed by atoms with E-state index in [4.69, 9.17) is 11.6 Å². The lowest BCUT2D eigenvalue weighted by Gasteiger charge is -2.41. The third kappa shape index (κ3) is 3.05. The summed E-state index contributed by atoms with van der Waals surface area (Å²) >= 11 is 5.94. The topological polar surface area (TPSA) is 71.0 Å². The third-order valence-electron chi connectivity index (χ3n) is 4.50. The van der Waals surface area contributed by atoms with Crippen molar-refractivity contribution in [1.82, 2.24) is 19.4 Å². The number of rotatable bonds is 1. The van der Waals surface area contributed by atoms with Gasteiger partial charge in [-0.3, -0.25) is 19.1 Å². The van der Waals surface area contributed by atoms with Crippen molar-refractivity contribution in [2.75, 3.05) is 13.1 Å². The van der Waals surface area contributed by atoms with Gasteiger partial charge in [0.25, 0.3) is 0 Å². The molecule has 0 unspecified atom stereocenters. The fraction of sp³-hybridized carbons (Fsp3) is 0.562. The van der Waals surface area contributed by atoms with Crippen molar-refractivity contribution in [1.29, 1.82) is 0 Å². The molecule has 1 fully saturated rings. The Labute approximate surface area is 139 Å². The summed E-state index contributed by atoms with van der Waals surface area (Å²) in [5, 5.41) is 0.431. The molecule has 0 radical (unpaired) electrons. The van der Waals surface area contributed by atoms with Crippen LogP contribution in [0.1, 0.15) is 39.7 Å². The Bertz CT molecular complexity index is 842. The zero-order valence-corrected chi connectivity index (χ0v) is 14.4. The molecular weight excluding hydrogens is 316 g/mol. The van der Waals surface area contributed by atoms with E-state index in [1.165, 1.54) is 6.20 Å².